The monoisotopic (exact) mass is 443 g/mol. The summed E-state index contributed by atoms with van der Waals surface area (Å²) >= 11 is 12.0. The number of benzene rings is 3. The van der Waals surface area contributed by atoms with E-state index in [4.69, 9.17) is 33.0 Å². The molecule has 2 N–H and O–H groups in total. The van der Waals surface area contributed by atoms with E-state index in [1.54, 1.807) is 42.5 Å². The lowest BCUT2D eigenvalue weighted by atomic mass is 10.1. The number of carbonyl (C=O) groups is 2. The number of hydrogen-bond donors (Lipinski definition) is 2. The van der Waals surface area contributed by atoms with Gasteiger partial charge in [0.1, 0.15) is 11.5 Å². The van der Waals surface area contributed by atoms with Gasteiger partial charge in [0.05, 0.1) is 11.4 Å². The smallest absolute Gasteiger partial charge is 0.307 e. The van der Waals surface area contributed by atoms with E-state index in [1.807, 2.05) is 24.3 Å². The van der Waals surface area contributed by atoms with Gasteiger partial charge in [-0.25, -0.2) is 0 Å². The predicted molar refractivity (Wildman–Crippen MR) is 117 cm³/mol. The molecule has 0 aromatic heterocycles. The highest BCUT2D eigenvalue weighted by molar-refractivity contribution is 6.32. The number of carboxylic acid groups (broad SMARTS) is 1. The molecule has 0 atom stereocenters. The maximum atomic E-state index is 12.3. The first-order valence-electron chi connectivity index (χ1n) is 9.21. The number of halogens is 2. The second kappa shape index (κ2) is 10.1. The van der Waals surface area contributed by atoms with Crippen LogP contribution in [0.25, 0.3) is 0 Å². The molecule has 0 aliphatic carbocycles. The summed E-state index contributed by atoms with van der Waals surface area (Å²) in [5, 5.41) is 12.7. The second-order valence-electron chi connectivity index (χ2n) is 6.59. The Morgan fingerprint density at radius 2 is 1.57 bits per heavy atom. The van der Waals surface area contributed by atoms with Gasteiger partial charge < -0.3 is 15.2 Å². The van der Waals surface area contributed by atoms with Gasteiger partial charge in [-0.05, 0) is 66.1 Å². The topological polar surface area (TPSA) is 75.6 Å². The van der Waals surface area contributed by atoms with Gasteiger partial charge in [0.2, 0.25) is 0 Å². The van der Waals surface area contributed by atoms with Gasteiger partial charge in [-0.1, -0.05) is 41.4 Å². The van der Waals surface area contributed by atoms with Crippen LogP contribution in [0.3, 0.4) is 0 Å². The molecule has 154 valence electrons. The molecule has 3 aromatic rings. The van der Waals surface area contributed by atoms with Crippen LogP contribution >= 0.6 is 23.2 Å². The fourth-order valence-electron chi connectivity index (χ4n) is 2.79. The summed E-state index contributed by atoms with van der Waals surface area (Å²) in [7, 11) is 0. The summed E-state index contributed by atoms with van der Waals surface area (Å²) in [6.07, 6.45) is 0.600. The van der Waals surface area contributed by atoms with E-state index in [-0.39, 0.29) is 12.3 Å². The molecule has 0 fully saturated rings. The highest BCUT2D eigenvalue weighted by Gasteiger charge is 2.09. The van der Waals surface area contributed by atoms with Crippen LogP contribution in [-0.4, -0.2) is 23.5 Å². The van der Waals surface area contributed by atoms with Crippen molar-refractivity contribution in [3.63, 3.8) is 0 Å². The fraction of sp³-hybridized carbons (Fsp3) is 0.130. The number of amides is 1. The Balaban J connectivity index is 1.54. The van der Waals surface area contributed by atoms with Crippen molar-refractivity contribution in [1.29, 1.82) is 0 Å². The summed E-state index contributed by atoms with van der Waals surface area (Å²) < 4.78 is 5.73. The van der Waals surface area contributed by atoms with Crippen LogP contribution in [0.1, 0.15) is 21.5 Å². The first kappa shape index (κ1) is 21.7. The molecule has 0 heterocycles. The van der Waals surface area contributed by atoms with Crippen molar-refractivity contribution in [2.75, 3.05) is 6.54 Å². The van der Waals surface area contributed by atoms with Crippen LogP contribution in [-0.2, 0) is 17.6 Å². The molecule has 1 amide bonds. The molecule has 0 saturated heterocycles. The standard InChI is InChI=1S/C23H19Cl2NO4/c24-18-6-1-15(2-7-18)11-12-26-23(29)17-4-8-19(9-5-17)30-21-10-3-16(13-20(21)25)14-22(27)28/h1-10,13H,11-12,14H2,(H,26,29)(H,27,28). The number of aliphatic carboxylic acids is 1. The fourth-order valence-corrected chi connectivity index (χ4v) is 3.15. The number of rotatable bonds is 8. The second-order valence-corrected chi connectivity index (χ2v) is 7.44. The van der Waals surface area contributed by atoms with Crippen molar-refractivity contribution >= 4 is 35.1 Å². The molecule has 3 rings (SSSR count). The number of hydrogen-bond acceptors (Lipinski definition) is 3. The lowest BCUT2D eigenvalue weighted by molar-refractivity contribution is -0.136. The molecule has 0 aliphatic heterocycles. The number of nitrogens with one attached hydrogen (secondary N) is 1. The van der Waals surface area contributed by atoms with Crippen LogP contribution in [0.4, 0.5) is 0 Å². The first-order chi connectivity index (χ1) is 14.4. The highest BCUT2D eigenvalue weighted by Crippen LogP contribution is 2.30. The molecule has 0 bridgehead atoms. The maximum absolute atomic E-state index is 12.3. The minimum absolute atomic E-state index is 0.109. The van der Waals surface area contributed by atoms with E-state index in [0.717, 1.165) is 5.56 Å². The van der Waals surface area contributed by atoms with Crippen molar-refractivity contribution in [3.05, 3.63) is 93.5 Å². The molecule has 0 unspecified atom stereocenters. The number of carboxylic acids is 1. The van der Waals surface area contributed by atoms with Crippen molar-refractivity contribution in [2.24, 2.45) is 0 Å². The SMILES string of the molecule is O=C(O)Cc1ccc(Oc2ccc(C(=O)NCCc3ccc(Cl)cc3)cc2)c(Cl)c1. The average molecular weight is 444 g/mol. The van der Waals surface area contributed by atoms with Gasteiger partial charge in [0.15, 0.2) is 0 Å². The Morgan fingerprint density at radius 1 is 0.900 bits per heavy atom. The summed E-state index contributed by atoms with van der Waals surface area (Å²) in [5.41, 5.74) is 2.20. The molecular weight excluding hydrogens is 425 g/mol. The zero-order chi connectivity index (χ0) is 21.5. The van der Waals surface area contributed by atoms with Gasteiger partial charge in [0, 0.05) is 17.1 Å². The molecule has 0 radical (unpaired) electrons. The predicted octanol–water partition coefficient (Wildman–Crippen LogP) is 5.39. The minimum Gasteiger partial charge on any atom is -0.481 e. The highest BCUT2D eigenvalue weighted by atomic mass is 35.5. The Labute approximate surface area is 184 Å². The molecule has 3 aromatic carbocycles. The molecule has 0 spiro atoms. The Kier molecular flexibility index (Phi) is 7.33. The normalized spacial score (nSPS) is 10.5. The quantitative estimate of drug-likeness (QED) is 0.489. The molecule has 30 heavy (non-hydrogen) atoms. The van der Waals surface area contributed by atoms with Gasteiger partial charge in [-0.3, -0.25) is 9.59 Å². The van der Waals surface area contributed by atoms with Crippen molar-refractivity contribution < 1.29 is 19.4 Å². The number of ether oxygens (including phenoxy) is 1. The lowest BCUT2D eigenvalue weighted by Crippen LogP contribution is -2.25. The molecule has 0 aliphatic rings. The first-order valence-corrected chi connectivity index (χ1v) is 9.97. The van der Waals surface area contributed by atoms with Crippen LogP contribution in [0, 0.1) is 0 Å². The zero-order valence-electron chi connectivity index (χ0n) is 15.9. The third kappa shape index (κ3) is 6.24. The van der Waals surface area contributed by atoms with Crippen molar-refractivity contribution in [3.8, 4) is 11.5 Å². The van der Waals surface area contributed by atoms with Crippen molar-refractivity contribution in [2.45, 2.75) is 12.8 Å². The van der Waals surface area contributed by atoms with E-state index in [0.29, 0.717) is 45.6 Å². The van der Waals surface area contributed by atoms with E-state index >= 15 is 0 Å². The summed E-state index contributed by atoms with van der Waals surface area (Å²) in [6.45, 7) is 0.511. The van der Waals surface area contributed by atoms with Crippen LogP contribution in [0.2, 0.25) is 10.0 Å². The van der Waals surface area contributed by atoms with Gasteiger partial charge in [-0.15, -0.1) is 0 Å². The van der Waals surface area contributed by atoms with Gasteiger partial charge in [0.25, 0.3) is 5.91 Å². The third-order valence-corrected chi connectivity index (χ3v) is 4.86. The minimum atomic E-state index is -0.929. The molecular formula is C23H19Cl2NO4. The van der Waals surface area contributed by atoms with E-state index in [1.165, 1.54) is 0 Å². The number of carbonyl (C=O) groups excluding carboxylic acids is 1. The van der Waals surface area contributed by atoms with Crippen LogP contribution < -0.4 is 10.1 Å². The molecule has 5 nitrogen and oxygen atoms in total. The van der Waals surface area contributed by atoms with Gasteiger partial charge >= 0.3 is 5.97 Å². The largest absolute Gasteiger partial charge is 0.481 e. The van der Waals surface area contributed by atoms with Crippen molar-refractivity contribution in [1.82, 2.24) is 5.32 Å². The Hall–Kier alpha value is -3.02. The molecule has 0 saturated carbocycles. The molecule has 7 heteroatoms. The van der Waals surface area contributed by atoms with E-state index in [9.17, 15) is 9.59 Å². The lowest BCUT2D eigenvalue weighted by Gasteiger charge is -2.10. The van der Waals surface area contributed by atoms with Crippen LogP contribution in [0.5, 0.6) is 11.5 Å². The van der Waals surface area contributed by atoms with Crippen LogP contribution in [0.15, 0.2) is 66.7 Å². The van der Waals surface area contributed by atoms with Gasteiger partial charge in [-0.2, -0.15) is 0 Å². The van der Waals surface area contributed by atoms with E-state index < -0.39 is 5.97 Å². The van der Waals surface area contributed by atoms with E-state index in [2.05, 4.69) is 5.32 Å². The Morgan fingerprint density at radius 3 is 2.20 bits per heavy atom. The third-order valence-electron chi connectivity index (χ3n) is 4.31. The zero-order valence-corrected chi connectivity index (χ0v) is 17.4. The summed E-state index contributed by atoms with van der Waals surface area (Å²) in [5.74, 6) is -0.181. The summed E-state index contributed by atoms with van der Waals surface area (Å²) in [6, 6.07) is 19.0. The summed E-state index contributed by atoms with van der Waals surface area (Å²) in [4.78, 5) is 23.1. The Bertz CT molecular complexity index is 1030. The average Bonchev–Trinajstić information content (AvgIpc) is 2.71. The maximum Gasteiger partial charge on any atom is 0.307 e.